The van der Waals surface area contributed by atoms with E-state index >= 15 is 0 Å². The van der Waals surface area contributed by atoms with Gasteiger partial charge < -0.3 is 35.2 Å². The minimum Gasteiger partial charge on any atom is -0.744 e. The minimum atomic E-state index is -5.43. The summed E-state index contributed by atoms with van der Waals surface area (Å²) in [7, 11) is -17.8. The van der Waals surface area contributed by atoms with E-state index in [-0.39, 0.29) is 187 Å². The zero-order valence-corrected chi connectivity index (χ0v) is 46.4. The number of hydrogen-bond acceptors (Lipinski definition) is 27. The molecule has 0 heterocycles. The standard InChI is InChI=1S/C28H29N5O20S6.CH4.4Na/c1-15-10-19(21(47-2)14-23(15)57(39,40)9-7-49-59(44,45)46)31-32-20-13-24(58(41,42)43)18-12-22(54-52-50-35)27(28(34)25(18)26(20)29)33-30-16-4-3-5-17(11-16)56(37,38)8-6-48-55-53-51-36;;;;;/h3-5,10-14,34-36H,6-9,29H2,1-2H3,(H,41,42,43)(H,44,45,46);1H4;;;;/q;;4*+1/p-4. The number of nitrogen functional groups attached to an aromatic ring is 1. The number of nitrogens with two attached hydrogens (primary N) is 1. The first-order valence-electron chi connectivity index (χ1n) is 15.3. The van der Waals surface area contributed by atoms with Gasteiger partial charge in [0.1, 0.15) is 32.9 Å². The molecule has 0 unspecified atom stereocenters. The Morgan fingerprint density at radius 3 is 1.98 bits per heavy atom. The summed E-state index contributed by atoms with van der Waals surface area (Å²) in [5.41, 5.74) is 4.44. The summed E-state index contributed by atoms with van der Waals surface area (Å²) < 4.78 is 143. The molecule has 64 heavy (non-hydrogen) atoms. The summed E-state index contributed by atoms with van der Waals surface area (Å²) in [5.74, 6) is -2.68. The average molecular weight is 1050 g/mol. The van der Waals surface area contributed by atoms with E-state index in [1.807, 2.05) is 0 Å². The van der Waals surface area contributed by atoms with Crippen molar-refractivity contribution >= 4 is 104 Å². The number of nitrogens with zero attached hydrogens (tertiary/aromatic N) is 4. The molecule has 0 aliphatic rings. The van der Waals surface area contributed by atoms with Crippen LogP contribution in [0.2, 0.25) is 0 Å². The molecule has 0 fully saturated rings. The van der Waals surface area contributed by atoms with Crippen LogP contribution in [-0.2, 0) is 67.3 Å². The normalized spacial score (nSPS) is 11.9. The molecule has 0 bridgehead atoms. The maximum atomic E-state index is 12.9. The molecule has 25 nitrogen and oxygen atoms in total. The fourth-order valence-electron chi connectivity index (χ4n) is 4.88. The van der Waals surface area contributed by atoms with E-state index in [2.05, 4.69) is 43.4 Å². The molecule has 4 rings (SSSR count). The number of benzene rings is 4. The molecule has 0 spiro atoms. The molecule has 0 radical (unpaired) electrons. The second kappa shape index (κ2) is 29.1. The van der Waals surface area contributed by atoms with Crippen molar-refractivity contribution in [2.45, 2.75) is 33.9 Å². The Balaban J connectivity index is 0. The zero-order chi connectivity index (χ0) is 43.8. The third-order valence-electron chi connectivity index (χ3n) is 7.38. The predicted octanol–water partition coefficient (Wildman–Crippen LogP) is -9.11. The number of hydrogen-bond donors (Lipinski definition) is 2. The molecule has 330 valence electrons. The van der Waals surface area contributed by atoms with Gasteiger partial charge in [-0.3, -0.25) is 18.4 Å². The van der Waals surface area contributed by atoms with Crippen molar-refractivity contribution in [3.05, 3.63) is 54.1 Å². The zero-order valence-electron chi connectivity index (χ0n) is 33.5. The first-order chi connectivity index (χ1) is 27.6. The van der Waals surface area contributed by atoms with Crippen LogP contribution in [0.3, 0.4) is 0 Å². The van der Waals surface area contributed by atoms with Crippen LogP contribution in [0.15, 0.2) is 88.6 Å². The molecule has 35 heteroatoms. The molecule has 4 aromatic rings. The number of phenols is 1. The number of aryl methyl sites for hydroxylation is 1. The molecule has 0 amide bonds. The number of fused-ring (bicyclic) bond motifs is 1. The summed E-state index contributed by atoms with van der Waals surface area (Å²) >= 11 is 0.204. The SMILES string of the molecule is C.COc1cc(S(=O)(=O)CCOS(=O)(=O)[O-])c(C)cc1N=Nc1cc(S(=O)(=O)[O-])c2cc(SOO[O-])c(N=Nc3cccc(S(=O)(=O)CCOSOO[O-])c3)c(O)c2c1N.[Na+].[Na+].[Na+].[Na+]. The predicted molar refractivity (Wildman–Crippen MR) is 201 cm³/mol. The first-order valence-corrected chi connectivity index (χ1v) is 22.7. The largest absolute Gasteiger partial charge is 1.00 e. The number of rotatable bonds is 21. The van der Waals surface area contributed by atoms with Gasteiger partial charge in [0, 0.05) is 11.5 Å². The van der Waals surface area contributed by atoms with E-state index < -0.39 is 103 Å². The molecule has 0 saturated carbocycles. The van der Waals surface area contributed by atoms with E-state index in [1.165, 1.54) is 25.1 Å². The third kappa shape index (κ3) is 18.3. The van der Waals surface area contributed by atoms with Crippen molar-refractivity contribution in [1.82, 2.24) is 0 Å². The quantitative estimate of drug-likeness (QED) is 0.00900. The number of sulfone groups is 2. The Kier molecular flexibility index (Phi) is 30.0. The summed E-state index contributed by atoms with van der Waals surface area (Å²) in [6.07, 6.45) is 0. The molecule has 3 N–H and O–H groups in total. The van der Waals surface area contributed by atoms with Gasteiger partial charge in [0.15, 0.2) is 37.7 Å². The molecule has 4 aromatic carbocycles. The third-order valence-corrected chi connectivity index (χ3v) is 13.2. The Bertz CT molecular complexity index is 2740. The second-order valence-corrected chi connectivity index (χ2v) is 18.9. The van der Waals surface area contributed by atoms with Gasteiger partial charge in [0.25, 0.3) is 0 Å². The van der Waals surface area contributed by atoms with Gasteiger partial charge >= 0.3 is 118 Å². The number of azo groups is 2. The number of phenolic OH excluding ortho intramolecular Hbond substituents is 1. The smallest absolute Gasteiger partial charge is 0.744 e. The van der Waals surface area contributed by atoms with Crippen LogP contribution < -0.4 is 139 Å². The topological polar surface area (TPSA) is 389 Å². The Hall–Kier alpha value is -0.160. The number of anilines is 1. The molecule has 0 atom stereocenters. The van der Waals surface area contributed by atoms with Crippen LogP contribution in [0, 0.1) is 6.92 Å². The van der Waals surface area contributed by atoms with Gasteiger partial charge in [0.05, 0.1) is 80.2 Å². The van der Waals surface area contributed by atoms with Gasteiger partial charge in [0.2, 0.25) is 10.4 Å². The van der Waals surface area contributed by atoms with Crippen molar-refractivity contribution in [2.24, 2.45) is 20.5 Å². The first kappa shape index (κ1) is 65.9. The van der Waals surface area contributed by atoms with Gasteiger partial charge in [-0.2, -0.15) is 9.45 Å². The number of aromatic hydroxyl groups is 1. The van der Waals surface area contributed by atoms with Crippen molar-refractivity contribution in [1.29, 1.82) is 0 Å². The van der Waals surface area contributed by atoms with E-state index in [9.17, 15) is 58.4 Å². The molecular weight excluding hydrogens is 1020 g/mol. The summed E-state index contributed by atoms with van der Waals surface area (Å²) in [6, 6.07) is 8.68. The van der Waals surface area contributed by atoms with Crippen molar-refractivity contribution in [3.63, 3.8) is 0 Å². The second-order valence-electron chi connectivity index (χ2n) is 11.1. The molecule has 0 aromatic heterocycles. The summed E-state index contributed by atoms with van der Waals surface area (Å²) in [4.78, 5) is -2.01. The molecule has 0 aliphatic carbocycles. The van der Waals surface area contributed by atoms with E-state index in [4.69, 9.17) is 14.7 Å². The molecule has 0 saturated heterocycles. The molecular formula is C29H29N5Na4O20S6. The number of ether oxygens (including phenoxy) is 1. The van der Waals surface area contributed by atoms with Crippen molar-refractivity contribution < 1.29 is 208 Å². The van der Waals surface area contributed by atoms with Gasteiger partial charge in [-0.15, -0.1) is 19.7 Å². The summed E-state index contributed by atoms with van der Waals surface area (Å²) in [5, 5.41) is 53.1. The fraction of sp³-hybridized carbons (Fsp3) is 0.241. The maximum Gasteiger partial charge on any atom is 1.00 e. The number of methoxy groups -OCH3 is 1. The van der Waals surface area contributed by atoms with Gasteiger partial charge in [-0.25, -0.2) is 33.7 Å². The maximum absolute atomic E-state index is 12.9. The minimum absolute atomic E-state index is 0. The van der Waals surface area contributed by atoms with Crippen LogP contribution in [0.1, 0.15) is 13.0 Å². The van der Waals surface area contributed by atoms with Crippen molar-refractivity contribution in [2.75, 3.05) is 37.6 Å². The van der Waals surface area contributed by atoms with E-state index in [0.29, 0.717) is 6.07 Å². The monoisotopic (exact) mass is 1050 g/mol. The van der Waals surface area contributed by atoms with Gasteiger partial charge in [-0.05, 0) is 48.9 Å². The molecule has 0 aliphatic heterocycles. The summed E-state index contributed by atoms with van der Waals surface area (Å²) in [6.45, 7) is -0.0844. The average Bonchev–Trinajstić information content (AvgIpc) is 3.15. The van der Waals surface area contributed by atoms with E-state index in [0.717, 1.165) is 31.4 Å². The van der Waals surface area contributed by atoms with Crippen LogP contribution in [0.5, 0.6) is 11.5 Å². The fourth-order valence-corrected chi connectivity index (χ4v) is 9.24. The van der Waals surface area contributed by atoms with Crippen molar-refractivity contribution in [3.8, 4) is 11.5 Å². The Labute approximate surface area is 463 Å². The van der Waals surface area contributed by atoms with Gasteiger partial charge in [-0.1, -0.05) is 13.5 Å². The Morgan fingerprint density at radius 1 is 0.766 bits per heavy atom. The van der Waals surface area contributed by atoms with E-state index in [1.54, 1.807) is 0 Å². The van der Waals surface area contributed by atoms with Crippen LogP contribution in [0.25, 0.3) is 10.8 Å². The van der Waals surface area contributed by atoms with Crippen LogP contribution in [-0.4, -0.2) is 79.7 Å². The van der Waals surface area contributed by atoms with Crippen LogP contribution >= 0.6 is 24.4 Å². The van der Waals surface area contributed by atoms with Crippen LogP contribution in [0.4, 0.5) is 28.4 Å². The Morgan fingerprint density at radius 2 is 1.39 bits per heavy atom.